The van der Waals surface area contributed by atoms with E-state index < -0.39 is 0 Å². The summed E-state index contributed by atoms with van der Waals surface area (Å²) >= 11 is 0. The largest absolute Gasteiger partial charge is 0.343 e. The van der Waals surface area contributed by atoms with Crippen LogP contribution in [0.25, 0.3) is 0 Å². The Labute approximate surface area is 103 Å². The van der Waals surface area contributed by atoms with E-state index in [4.69, 9.17) is 0 Å². The fraction of sp³-hybridized carbons (Fsp3) is 0.846. The summed E-state index contributed by atoms with van der Waals surface area (Å²) in [5.41, 5.74) is 0. The van der Waals surface area contributed by atoms with E-state index in [0.29, 0.717) is 12.8 Å². The Hall–Kier alpha value is -1.06. The van der Waals surface area contributed by atoms with Crippen molar-refractivity contribution >= 4 is 11.8 Å². The van der Waals surface area contributed by atoms with Crippen LogP contribution in [0.15, 0.2) is 0 Å². The minimum atomic E-state index is 0.274. The second-order valence-corrected chi connectivity index (χ2v) is 5.17. The van der Waals surface area contributed by atoms with Crippen molar-refractivity contribution in [3.8, 4) is 0 Å². The molecule has 0 radical (unpaired) electrons. The molecule has 0 saturated carbocycles. The van der Waals surface area contributed by atoms with Gasteiger partial charge in [-0.3, -0.25) is 9.59 Å². The number of amides is 2. The quantitative estimate of drug-likeness (QED) is 0.743. The third kappa shape index (κ3) is 2.99. The molecule has 0 aromatic carbocycles. The Kier molecular flexibility index (Phi) is 4.02. The summed E-state index contributed by atoms with van der Waals surface area (Å²) in [7, 11) is 0. The monoisotopic (exact) mass is 238 g/mol. The lowest BCUT2D eigenvalue weighted by Gasteiger charge is -2.33. The van der Waals surface area contributed by atoms with Crippen LogP contribution in [-0.2, 0) is 9.59 Å². The summed E-state index contributed by atoms with van der Waals surface area (Å²) in [5, 5.41) is 0. The number of carbonyl (C=O) groups excluding carboxylic acids is 2. The van der Waals surface area contributed by atoms with E-state index in [2.05, 4.69) is 6.92 Å². The lowest BCUT2D eigenvalue weighted by Crippen LogP contribution is -2.43. The molecule has 4 nitrogen and oxygen atoms in total. The first-order valence-electron chi connectivity index (χ1n) is 6.76. The summed E-state index contributed by atoms with van der Waals surface area (Å²) in [5.74, 6) is 0.568. The normalized spacial score (nSPS) is 23.4. The third-order valence-corrected chi connectivity index (χ3v) is 3.88. The number of hydrogen-bond donors (Lipinski definition) is 0. The van der Waals surface area contributed by atoms with E-state index in [1.54, 1.807) is 0 Å². The zero-order chi connectivity index (χ0) is 12.3. The average Bonchev–Trinajstić information content (AvgIpc) is 2.72. The Morgan fingerprint density at radius 1 is 1.06 bits per heavy atom. The molecule has 0 aliphatic carbocycles. The Balaban J connectivity index is 1.78. The van der Waals surface area contributed by atoms with E-state index in [9.17, 15) is 9.59 Å². The molecule has 1 unspecified atom stereocenters. The van der Waals surface area contributed by atoms with Crippen LogP contribution in [0.3, 0.4) is 0 Å². The highest BCUT2D eigenvalue weighted by Crippen LogP contribution is 2.17. The first-order chi connectivity index (χ1) is 8.18. The summed E-state index contributed by atoms with van der Waals surface area (Å²) in [6, 6.07) is 0.274. The Bertz CT molecular complexity index is 304. The first kappa shape index (κ1) is 12.4. The van der Waals surface area contributed by atoms with Crippen LogP contribution in [-0.4, -0.2) is 47.3 Å². The van der Waals surface area contributed by atoms with Crippen LogP contribution in [0.1, 0.15) is 45.4 Å². The highest BCUT2D eigenvalue weighted by Gasteiger charge is 2.25. The van der Waals surface area contributed by atoms with E-state index in [-0.39, 0.29) is 17.9 Å². The maximum absolute atomic E-state index is 11.7. The SMILES string of the molecule is CC(CCN1CCCC1=O)N1CCCCC1=O. The second-order valence-electron chi connectivity index (χ2n) is 5.17. The Morgan fingerprint density at radius 3 is 2.47 bits per heavy atom. The van der Waals surface area contributed by atoms with Crippen molar-refractivity contribution in [2.24, 2.45) is 0 Å². The standard InChI is InChI=1S/C13H22N2O2/c1-11(15-9-3-2-5-13(15)17)7-10-14-8-4-6-12(14)16/h11H,2-10H2,1H3. The van der Waals surface area contributed by atoms with Crippen LogP contribution in [0.4, 0.5) is 0 Å². The lowest BCUT2D eigenvalue weighted by molar-refractivity contribution is -0.135. The fourth-order valence-corrected chi connectivity index (χ4v) is 2.73. The van der Waals surface area contributed by atoms with Crippen LogP contribution in [0.5, 0.6) is 0 Å². The van der Waals surface area contributed by atoms with Gasteiger partial charge in [-0.2, -0.15) is 0 Å². The fourth-order valence-electron chi connectivity index (χ4n) is 2.73. The van der Waals surface area contributed by atoms with Crippen molar-refractivity contribution < 1.29 is 9.59 Å². The maximum Gasteiger partial charge on any atom is 0.222 e. The van der Waals surface area contributed by atoms with Crippen molar-refractivity contribution in [2.75, 3.05) is 19.6 Å². The molecular weight excluding hydrogens is 216 g/mol. The number of piperidine rings is 1. The van der Waals surface area contributed by atoms with Gasteiger partial charge in [-0.05, 0) is 32.6 Å². The molecule has 0 spiro atoms. The van der Waals surface area contributed by atoms with E-state index in [0.717, 1.165) is 45.3 Å². The van der Waals surface area contributed by atoms with Crippen molar-refractivity contribution in [3.63, 3.8) is 0 Å². The molecule has 2 fully saturated rings. The minimum absolute atomic E-state index is 0.274. The molecule has 2 aliphatic heterocycles. The molecule has 4 heteroatoms. The maximum atomic E-state index is 11.7. The topological polar surface area (TPSA) is 40.6 Å². The van der Waals surface area contributed by atoms with E-state index in [1.807, 2.05) is 9.80 Å². The number of rotatable bonds is 4. The van der Waals surface area contributed by atoms with Gasteiger partial charge in [0.1, 0.15) is 0 Å². The van der Waals surface area contributed by atoms with Crippen molar-refractivity contribution in [1.82, 2.24) is 9.80 Å². The molecular formula is C13H22N2O2. The Morgan fingerprint density at radius 2 is 1.82 bits per heavy atom. The molecule has 2 saturated heterocycles. The molecule has 1 atom stereocenters. The smallest absolute Gasteiger partial charge is 0.222 e. The number of carbonyl (C=O) groups is 2. The van der Waals surface area contributed by atoms with Crippen molar-refractivity contribution in [2.45, 2.75) is 51.5 Å². The highest BCUT2D eigenvalue weighted by molar-refractivity contribution is 5.78. The molecule has 2 rings (SSSR count). The second kappa shape index (κ2) is 5.52. The van der Waals surface area contributed by atoms with Gasteiger partial charge in [-0.1, -0.05) is 0 Å². The van der Waals surface area contributed by atoms with Gasteiger partial charge in [0.15, 0.2) is 0 Å². The van der Waals surface area contributed by atoms with Gasteiger partial charge in [0.05, 0.1) is 0 Å². The summed E-state index contributed by atoms with van der Waals surface area (Å²) in [6.07, 6.45) is 5.47. The van der Waals surface area contributed by atoms with Gasteiger partial charge in [0, 0.05) is 38.5 Å². The zero-order valence-corrected chi connectivity index (χ0v) is 10.7. The van der Waals surface area contributed by atoms with Gasteiger partial charge in [-0.15, -0.1) is 0 Å². The molecule has 2 heterocycles. The predicted molar refractivity (Wildman–Crippen MR) is 65.5 cm³/mol. The van der Waals surface area contributed by atoms with E-state index in [1.165, 1.54) is 0 Å². The van der Waals surface area contributed by atoms with Gasteiger partial charge < -0.3 is 9.80 Å². The highest BCUT2D eigenvalue weighted by atomic mass is 16.2. The summed E-state index contributed by atoms with van der Waals surface area (Å²) < 4.78 is 0. The zero-order valence-electron chi connectivity index (χ0n) is 10.7. The molecule has 96 valence electrons. The van der Waals surface area contributed by atoms with Gasteiger partial charge >= 0.3 is 0 Å². The molecule has 0 aromatic rings. The molecule has 2 aliphatic rings. The molecule has 0 N–H and O–H groups in total. The predicted octanol–water partition coefficient (Wildman–Crippen LogP) is 1.40. The molecule has 0 bridgehead atoms. The molecule has 0 aromatic heterocycles. The summed E-state index contributed by atoms with van der Waals surface area (Å²) in [4.78, 5) is 27.1. The van der Waals surface area contributed by atoms with Gasteiger partial charge in [0.2, 0.25) is 11.8 Å². The first-order valence-corrected chi connectivity index (χ1v) is 6.76. The third-order valence-electron chi connectivity index (χ3n) is 3.88. The van der Waals surface area contributed by atoms with Crippen LogP contribution in [0, 0.1) is 0 Å². The van der Waals surface area contributed by atoms with Gasteiger partial charge in [-0.25, -0.2) is 0 Å². The van der Waals surface area contributed by atoms with Crippen molar-refractivity contribution in [3.05, 3.63) is 0 Å². The van der Waals surface area contributed by atoms with Crippen molar-refractivity contribution in [1.29, 1.82) is 0 Å². The number of nitrogens with zero attached hydrogens (tertiary/aromatic N) is 2. The molecule has 17 heavy (non-hydrogen) atoms. The van der Waals surface area contributed by atoms with Crippen LogP contribution >= 0.6 is 0 Å². The van der Waals surface area contributed by atoms with E-state index >= 15 is 0 Å². The van der Waals surface area contributed by atoms with Crippen LogP contribution in [0.2, 0.25) is 0 Å². The van der Waals surface area contributed by atoms with Crippen LogP contribution < -0.4 is 0 Å². The number of likely N-dealkylation sites (tertiary alicyclic amines) is 2. The average molecular weight is 238 g/mol. The summed E-state index contributed by atoms with van der Waals surface area (Å²) in [6.45, 7) is 4.71. The number of hydrogen-bond acceptors (Lipinski definition) is 2. The minimum Gasteiger partial charge on any atom is -0.343 e. The van der Waals surface area contributed by atoms with Gasteiger partial charge in [0.25, 0.3) is 0 Å². The molecule has 2 amide bonds. The lowest BCUT2D eigenvalue weighted by atomic mass is 10.1.